The minimum Gasteiger partial charge on any atom is -0.388 e. The van der Waals surface area contributed by atoms with E-state index in [2.05, 4.69) is 30.9 Å². The summed E-state index contributed by atoms with van der Waals surface area (Å²) in [5.41, 5.74) is 4.33. The van der Waals surface area contributed by atoms with Gasteiger partial charge in [-0.25, -0.2) is 8.42 Å². The molecule has 0 fully saturated rings. The molecule has 0 aliphatic heterocycles. The number of nitrogens with one attached hydrogen (secondary N) is 5. The SMILES string of the molecule is CNc1cc(NC)c(S(=O)(=O)Nc2ccc3c(-c4ccccc4Cl)n[nH]c3c2)c(NC)c1. The third kappa shape index (κ3) is 3.92. The molecule has 1 aromatic heterocycles. The lowest BCUT2D eigenvalue weighted by molar-refractivity contribution is 0.602. The molecule has 0 saturated carbocycles. The first-order chi connectivity index (χ1) is 15.4. The third-order valence-electron chi connectivity index (χ3n) is 5.13. The van der Waals surface area contributed by atoms with E-state index in [0.29, 0.717) is 33.3 Å². The molecule has 1 heterocycles. The van der Waals surface area contributed by atoms with E-state index in [1.165, 1.54) is 0 Å². The number of halogens is 1. The van der Waals surface area contributed by atoms with Crippen LogP contribution in [0.25, 0.3) is 22.2 Å². The van der Waals surface area contributed by atoms with Gasteiger partial charge in [-0.2, -0.15) is 5.10 Å². The van der Waals surface area contributed by atoms with Crippen molar-refractivity contribution < 1.29 is 8.42 Å². The van der Waals surface area contributed by atoms with Crippen molar-refractivity contribution in [1.29, 1.82) is 0 Å². The number of nitrogens with zero attached hydrogens (tertiary/aromatic N) is 1. The number of fused-ring (bicyclic) bond motifs is 1. The van der Waals surface area contributed by atoms with Crippen LogP contribution in [0, 0.1) is 0 Å². The molecule has 0 amide bonds. The molecular weight excluding hydrogens is 448 g/mol. The average molecular weight is 471 g/mol. The fourth-order valence-electron chi connectivity index (χ4n) is 3.58. The molecule has 4 rings (SSSR count). The van der Waals surface area contributed by atoms with Gasteiger partial charge in [-0.05, 0) is 36.4 Å². The topological polar surface area (TPSA) is 111 Å². The molecule has 0 bridgehead atoms. The van der Waals surface area contributed by atoms with E-state index >= 15 is 0 Å². The van der Waals surface area contributed by atoms with Crippen molar-refractivity contribution in [2.75, 3.05) is 41.8 Å². The van der Waals surface area contributed by atoms with E-state index in [-0.39, 0.29) is 4.90 Å². The smallest absolute Gasteiger partial charge is 0.266 e. The molecule has 4 aromatic rings. The summed E-state index contributed by atoms with van der Waals surface area (Å²) in [7, 11) is 1.23. The fourth-order valence-corrected chi connectivity index (χ4v) is 5.25. The van der Waals surface area contributed by atoms with Crippen LogP contribution in [-0.4, -0.2) is 39.8 Å². The van der Waals surface area contributed by atoms with Crippen molar-refractivity contribution in [3.63, 3.8) is 0 Å². The molecule has 8 nitrogen and oxygen atoms in total. The monoisotopic (exact) mass is 470 g/mol. The predicted octanol–water partition coefficient (Wildman–Crippen LogP) is 4.81. The Bertz CT molecular complexity index is 1380. The summed E-state index contributed by atoms with van der Waals surface area (Å²) in [6.45, 7) is 0. The molecule has 32 heavy (non-hydrogen) atoms. The van der Waals surface area contributed by atoms with Gasteiger partial charge in [-0.3, -0.25) is 9.82 Å². The maximum atomic E-state index is 13.3. The zero-order valence-corrected chi connectivity index (χ0v) is 19.3. The molecule has 0 aliphatic carbocycles. The molecule has 0 aliphatic rings. The van der Waals surface area contributed by atoms with E-state index in [9.17, 15) is 8.42 Å². The minimum absolute atomic E-state index is 0.128. The van der Waals surface area contributed by atoms with E-state index in [1.807, 2.05) is 24.3 Å². The summed E-state index contributed by atoms with van der Waals surface area (Å²) in [5, 5.41) is 17.7. The summed E-state index contributed by atoms with van der Waals surface area (Å²) in [6, 6.07) is 16.2. The Kier molecular flexibility index (Phi) is 5.86. The summed E-state index contributed by atoms with van der Waals surface area (Å²) in [6.07, 6.45) is 0. The second-order valence-corrected chi connectivity index (χ2v) is 9.09. The highest BCUT2D eigenvalue weighted by molar-refractivity contribution is 7.93. The van der Waals surface area contributed by atoms with Crippen LogP contribution in [0.2, 0.25) is 5.02 Å². The summed E-state index contributed by atoms with van der Waals surface area (Å²) < 4.78 is 29.3. The summed E-state index contributed by atoms with van der Waals surface area (Å²) in [5.74, 6) is 0. The third-order valence-corrected chi connectivity index (χ3v) is 6.94. The number of H-pyrrole nitrogens is 1. The first kappa shape index (κ1) is 21.8. The van der Waals surface area contributed by atoms with Crippen molar-refractivity contribution in [2.45, 2.75) is 4.90 Å². The maximum Gasteiger partial charge on any atom is 0.266 e. The zero-order valence-electron chi connectivity index (χ0n) is 17.7. The zero-order chi connectivity index (χ0) is 22.9. The number of anilines is 4. The molecule has 3 aromatic carbocycles. The van der Waals surface area contributed by atoms with Crippen LogP contribution in [0.1, 0.15) is 0 Å². The van der Waals surface area contributed by atoms with Crippen molar-refractivity contribution in [1.82, 2.24) is 10.2 Å². The van der Waals surface area contributed by atoms with Gasteiger partial charge < -0.3 is 16.0 Å². The lowest BCUT2D eigenvalue weighted by Gasteiger charge is -2.18. The standard InChI is InChI=1S/C22H23ClN6O2S/c1-24-14-11-19(25-2)22(20(12-14)26-3)32(30,31)29-13-8-9-16-18(10-13)27-28-21(16)15-6-4-5-7-17(15)23/h4-12,24-26,29H,1-3H3,(H,27,28). The predicted molar refractivity (Wildman–Crippen MR) is 132 cm³/mol. The van der Waals surface area contributed by atoms with Crippen molar-refractivity contribution in [3.8, 4) is 11.3 Å². The van der Waals surface area contributed by atoms with Gasteiger partial charge in [0.1, 0.15) is 10.6 Å². The van der Waals surface area contributed by atoms with E-state index in [4.69, 9.17) is 11.6 Å². The van der Waals surface area contributed by atoms with Gasteiger partial charge in [-0.15, -0.1) is 0 Å². The lowest BCUT2D eigenvalue weighted by Crippen LogP contribution is -2.17. The highest BCUT2D eigenvalue weighted by Gasteiger charge is 2.24. The highest BCUT2D eigenvalue weighted by Crippen LogP contribution is 2.36. The second kappa shape index (κ2) is 8.60. The van der Waals surface area contributed by atoms with Gasteiger partial charge in [0, 0.05) is 37.8 Å². The van der Waals surface area contributed by atoms with E-state index in [1.54, 1.807) is 51.5 Å². The van der Waals surface area contributed by atoms with Crippen molar-refractivity contribution in [2.24, 2.45) is 0 Å². The Morgan fingerprint density at radius 1 is 0.875 bits per heavy atom. The van der Waals surface area contributed by atoms with Gasteiger partial charge in [0.05, 0.1) is 27.6 Å². The molecule has 0 atom stereocenters. The highest BCUT2D eigenvalue weighted by atomic mass is 35.5. The Morgan fingerprint density at radius 2 is 1.56 bits per heavy atom. The van der Waals surface area contributed by atoms with Crippen LogP contribution in [0.15, 0.2) is 59.5 Å². The molecule has 0 spiro atoms. The van der Waals surface area contributed by atoms with Crippen LogP contribution >= 0.6 is 11.6 Å². The van der Waals surface area contributed by atoms with E-state index in [0.717, 1.165) is 16.6 Å². The number of rotatable bonds is 7. The molecule has 5 N–H and O–H groups in total. The summed E-state index contributed by atoms with van der Waals surface area (Å²) in [4.78, 5) is 0.128. The Labute approximate surface area is 191 Å². The first-order valence-electron chi connectivity index (χ1n) is 9.85. The number of benzene rings is 3. The van der Waals surface area contributed by atoms with Crippen molar-refractivity contribution >= 4 is 55.3 Å². The quantitative estimate of drug-likeness (QED) is 0.265. The molecule has 0 unspecified atom stereocenters. The second-order valence-electron chi connectivity index (χ2n) is 7.07. The normalized spacial score (nSPS) is 11.4. The van der Waals surface area contributed by atoms with Gasteiger partial charge in [-0.1, -0.05) is 29.8 Å². The van der Waals surface area contributed by atoms with Crippen LogP contribution in [0.3, 0.4) is 0 Å². The average Bonchev–Trinajstić information content (AvgIpc) is 3.21. The van der Waals surface area contributed by atoms with Crippen LogP contribution in [0.4, 0.5) is 22.7 Å². The first-order valence-corrected chi connectivity index (χ1v) is 11.7. The Morgan fingerprint density at radius 3 is 2.19 bits per heavy atom. The lowest BCUT2D eigenvalue weighted by atomic mass is 10.1. The van der Waals surface area contributed by atoms with Crippen LogP contribution in [-0.2, 0) is 10.0 Å². The number of aromatic amines is 1. The Balaban J connectivity index is 1.73. The molecule has 0 saturated heterocycles. The number of hydrogen-bond donors (Lipinski definition) is 5. The molecule has 10 heteroatoms. The van der Waals surface area contributed by atoms with Gasteiger partial charge in [0.15, 0.2) is 0 Å². The van der Waals surface area contributed by atoms with Gasteiger partial charge >= 0.3 is 0 Å². The number of aromatic nitrogens is 2. The van der Waals surface area contributed by atoms with Crippen LogP contribution < -0.4 is 20.7 Å². The molecule has 0 radical (unpaired) electrons. The molecular formula is C22H23ClN6O2S. The van der Waals surface area contributed by atoms with E-state index < -0.39 is 10.0 Å². The summed E-state index contributed by atoms with van der Waals surface area (Å²) >= 11 is 6.32. The van der Waals surface area contributed by atoms with Crippen molar-refractivity contribution in [3.05, 3.63) is 59.6 Å². The maximum absolute atomic E-state index is 13.3. The van der Waals surface area contributed by atoms with Gasteiger partial charge in [0.2, 0.25) is 0 Å². The number of sulfonamides is 1. The minimum atomic E-state index is -3.90. The largest absolute Gasteiger partial charge is 0.388 e. The van der Waals surface area contributed by atoms with Gasteiger partial charge in [0.25, 0.3) is 10.0 Å². The fraction of sp³-hybridized carbons (Fsp3) is 0.136. The molecule has 166 valence electrons. The number of hydrogen-bond acceptors (Lipinski definition) is 6. The Hall–Kier alpha value is -3.43. The van der Waals surface area contributed by atoms with Crippen LogP contribution in [0.5, 0.6) is 0 Å².